The number of allylic oxidation sites excluding steroid dienone is 1. The number of rotatable bonds is 60. The average molecular weight is 1040 g/mol. The summed E-state index contributed by atoms with van der Waals surface area (Å²) in [6.07, 6.45) is 68.8. The fourth-order valence-electron chi connectivity index (χ4n) is 9.98. The minimum absolute atomic E-state index is 0.00286. The lowest BCUT2D eigenvalue weighted by molar-refractivity contribution is -0.870. The van der Waals surface area contributed by atoms with Crippen molar-refractivity contribution in [3.8, 4) is 0 Å². The third kappa shape index (κ3) is 57.0. The third-order valence-electron chi connectivity index (χ3n) is 15.0. The van der Waals surface area contributed by atoms with Crippen molar-refractivity contribution in [2.45, 2.75) is 347 Å². The quantitative estimate of drug-likeness (QED) is 0.0272. The number of carbonyl (C=O) groups excluding carboxylic acids is 1. The summed E-state index contributed by atoms with van der Waals surface area (Å²) in [6, 6.07) is -0.883. The van der Waals surface area contributed by atoms with Gasteiger partial charge in [-0.1, -0.05) is 321 Å². The maximum Gasteiger partial charge on any atom is 0.268 e. The first kappa shape index (κ1) is 71.2. The predicted molar refractivity (Wildman–Crippen MR) is 312 cm³/mol. The van der Waals surface area contributed by atoms with Crippen LogP contribution in [0.2, 0.25) is 0 Å². The van der Waals surface area contributed by atoms with Gasteiger partial charge in [0.2, 0.25) is 5.91 Å². The molecule has 0 spiro atoms. The second kappa shape index (κ2) is 55.0. The van der Waals surface area contributed by atoms with Crippen LogP contribution in [0.5, 0.6) is 0 Å². The standard InChI is InChI=1S/C63H127N2O6P/c1-6-8-10-12-14-16-18-20-22-24-26-28-30-31-32-33-34-35-37-39-41-43-45-47-49-51-53-55-57-63(67)64-61(60-71-72(68,69)70-59-58-65(3,4)5)62(66)56-54-52-50-48-46-44-42-40-38-36-29-27-25-23-21-19-17-15-13-11-9-7-2/h54,56,61-62,66H,6-53,55,57-60H2,1-5H3,(H-,64,67,68,69)/b56-54+. The summed E-state index contributed by atoms with van der Waals surface area (Å²) in [7, 11) is 1.28. The number of likely N-dealkylation sites (N-methyl/N-ethyl adjacent to an activating group) is 1. The largest absolute Gasteiger partial charge is 0.756 e. The van der Waals surface area contributed by atoms with Crippen LogP contribution in [0.4, 0.5) is 0 Å². The number of carbonyl (C=O) groups is 1. The molecule has 0 aromatic heterocycles. The van der Waals surface area contributed by atoms with Gasteiger partial charge in [-0.15, -0.1) is 0 Å². The van der Waals surface area contributed by atoms with E-state index in [1.807, 2.05) is 27.2 Å². The zero-order chi connectivity index (χ0) is 52.7. The van der Waals surface area contributed by atoms with Crippen LogP contribution in [-0.2, 0) is 18.4 Å². The SMILES string of the molecule is CCCCCCCCCCCCCCCCCCCCCC/C=C/C(O)C(COP(=O)([O-])OCC[N+](C)(C)C)NC(=O)CCCCCCCCCCCCCCCCCCCCCCCCCCCCCC. The molecule has 9 heteroatoms. The monoisotopic (exact) mass is 1040 g/mol. The molecule has 2 N–H and O–H groups in total. The van der Waals surface area contributed by atoms with E-state index in [0.717, 1.165) is 38.5 Å². The van der Waals surface area contributed by atoms with Crippen LogP contribution in [0, 0.1) is 0 Å². The Morgan fingerprint density at radius 1 is 0.472 bits per heavy atom. The molecule has 72 heavy (non-hydrogen) atoms. The Bertz CT molecular complexity index is 1180. The molecular weight excluding hydrogens is 912 g/mol. The first-order valence-electron chi connectivity index (χ1n) is 32.1. The van der Waals surface area contributed by atoms with Crippen LogP contribution in [-0.4, -0.2) is 68.5 Å². The maximum absolute atomic E-state index is 13.0. The molecule has 0 rings (SSSR count). The zero-order valence-electron chi connectivity index (χ0n) is 49.2. The molecule has 3 unspecified atom stereocenters. The summed E-state index contributed by atoms with van der Waals surface area (Å²) in [6.45, 7) is 4.71. The summed E-state index contributed by atoms with van der Waals surface area (Å²) in [5.74, 6) is -0.188. The summed E-state index contributed by atoms with van der Waals surface area (Å²) < 4.78 is 23.4. The fraction of sp³-hybridized carbons (Fsp3) is 0.952. The molecule has 0 saturated carbocycles. The zero-order valence-corrected chi connectivity index (χ0v) is 50.1. The smallest absolute Gasteiger partial charge is 0.268 e. The molecule has 0 aliphatic carbocycles. The fourth-order valence-corrected chi connectivity index (χ4v) is 10.7. The second-order valence-electron chi connectivity index (χ2n) is 23.5. The second-order valence-corrected chi connectivity index (χ2v) is 24.9. The number of nitrogens with one attached hydrogen (secondary N) is 1. The molecule has 3 atom stereocenters. The molecule has 0 fully saturated rings. The Balaban J connectivity index is 4.08. The van der Waals surface area contributed by atoms with E-state index in [1.54, 1.807) is 6.08 Å². The number of hydrogen-bond acceptors (Lipinski definition) is 6. The minimum Gasteiger partial charge on any atom is -0.756 e. The molecule has 1 amide bonds. The van der Waals surface area contributed by atoms with Crippen LogP contribution in [0.25, 0.3) is 0 Å². The molecule has 0 bridgehead atoms. The summed E-state index contributed by atoms with van der Waals surface area (Å²) >= 11 is 0. The Labute approximate surface area is 450 Å². The molecule has 0 aromatic carbocycles. The molecular formula is C63H127N2O6P. The van der Waals surface area contributed by atoms with Crippen molar-refractivity contribution in [2.24, 2.45) is 0 Å². The Kier molecular flexibility index (Phi) is 54.4. The lowest BCUT2D eigenvalue weighted by Gasteiger charge is -2.29. The topological polar surface area (TPSA) is 108 Å². The highest BCUT2D eigenvalue weighted by atomic mass is 31.2. The van der Waals surface area contributed by atoms with Crippen LogP contribution in [0.1, 0.15) is 335 Å². The van der Waals surface area contributed by atoms with E-state index in [2.05, 4.69) is 19.2 Å². The number of aliphatic hydroxyl groups excluding tert-OH is 1. The van der Waals surface area contributed by atoms with E-state index >= 15 is 0 Å². The Hall–Kier alpha value is -0.760. The van der Waals surface area contributed by atoms with Gasteiger partial charge in [0.05, 0.1) is 39.9 Å². The highest BCUT2D eigenvalue weighted by molar-refractivity contribution is 7.45. The van der Waals surface area contributed by atoms with Gasteiger partial charge in [-0.3, -0.25) is 9.36 Å². The van der Waals surface area contributed by atoms with E-state index < -0.39 is 20.0 Å². The van der Waals surface area contributed by atoms with Crippen LogP contribution in [0.15, 0.2) is 12.2 Å². The van der Waals surface area contributed by atoms with Gasteiger partial charge in [-0.2, -0.15) is 0 Å². The number of amides is 1. The van der Waals surface area contributed by atoms with Crippen molar-refractivity contribution in [3.05, 3.63) is 12.2 Å². The molecule has 0 heterocycles. The maximum atomic E-state index is 13.0. The minimum atomic E-state index is -4.60. The molecule has 0 radical (unpaired) electrons. The van der Waals surface area contributed by atoms with Gasteiger partial charge in [0.1, 0.15) is 13.2 Å². The summed E-state index contributed by atoms with van der Waals surface area (Å²) in [5.41, 5.74) is 0. The molecule has 0 aliphatic rings. The number of nitrogens with zero attached hydrogens (tertiary/aromatic N) is 1. The molecule has 430 valence electrons. The normalized spacial score (nSPS) is 13.8. The first-order chi connectivity index (χ1) is 35.0. The predicted octanol–water partition coefficient (Wildman–Crippen LogP) is 19.1. The van der Waals surface area contributed by atoms with Crippen LogP contribution in [0.3, 0.4) is 0 Å². The lowest BCUT2D eigenvalue weighted by Crippen LogP contribution is -2.45. The molecule has 0 aromatic rings. The number of phosphoric ester groups is 1. The lowest BCUT2D eigenvalue weighted by atomic mass is 10.0. The molecule has 0 saturated heterocycles. The van der Waals surface area contributed by atoms with Crippen molar-refractivity contribution in [1.29, 1.82) is 0 Å². The average Bonchev–Trinajstić information content (AvgIpc) is 3.34. The van der Waals surface area contributed by atoms with E-state index in [1.165, 1.54) is 276 Å². The van der Waals surface area contributed by atoms with Crippen molar-refractivity contribution in [3.63, 3.8) is 0 Å². The highest BCUT2D eigenvalue weighted by Crippen LogP contribution is 2.38. The van der Waals surface area contributed by atoms with E-state index in [9.17, 15) is 19.4 Å². The summed E-state index contributed by atoms with van der Waals surface area (Å²) in [4.78, 5) is 25.6. The highest BCUT2D eigenvalue weighted by Gasteiger charge is 2.23. The third-order valence-corrected chi connectivity index (χ3v) is 16.0. The van der Waals surface area contributed by atoms with Gasteiger partial charge in [-0.05, 0) is 19.3 Å². The number of quaternary nitrogens is 1. The van der Waals surface area contributed by atoms with Crippen molar-refractivity contribution >= 4 is 13.7 Å². The van der Waals surface area contributed by atoms with Crippen LogP contribution >= 0.6 is 7.82 Å². The van der Waals surface area contributed by atoms with E-state index in [0.29, 0.717) is 17.4 Å². The van der Waals surface area contributed by atoms with Crippen LogP contribution < -0.4 is 10.2 Å². The Morgan fingerprint density at radius 2 is 0.750 bits per heavy atom. The van der Waals surface area contributed by atoms with Gasteiger partial charge in [0, 0.05) is 6.42 Å². The Morgan fingerprint density at radius 3 is 1.04 bits per heavy atom. The van der Waals surface area contributed by atoms with Crippen molar-refractivity contribution in [1.82, 2.24) is 5.32 Å². The van der Waals surface area contributed by atoms with E-state index in [-0.39, 0.29) is 19.1 Å². The number of hydrogen-bond donors (Lipinski definition) is 2. The van der Waals surface area contributed by atoms with Gasteiger partial charge in [-0.25, -0.2) is 0 Å². The first-order valence-corrected chi connectivity index (χ1v) is 33.5. The van der Waals surface area contributed by atoms with Gasteiger partial charge < -0.3 is 28.8 Å². The van der Waals surface area contributed by atoms with Gasteiger partial charge >= 0.3 is 0 Å². The number of phosphoric acid groups is 1. The van der Waals surface area contributed by atoms with Gasteiger partial charge in [0.25, 0.3) is 7.82 Å². The summed E-state index contributed by atoms with van der Waals surface area (Å²) in [5, 5.41) is 13.9. The number of unbranched alkanes of at least 4 members (excludes halogenated alkanes) is 47. The number of aliphatic hydroxyl groups is 1. The van der Waals surface area contributed by atoms with Crippen molar-refractivity contribution < 1.29 is 32.9 Å². The van der Waals surface area contributed by atoms with Crippen molar-refractivity contribution in [2.75, 3.05) is 40.9 Å². The van der Waals surface area contributed by atoms with E-state index in [4.69, 9.17) is 9.05 Å². The molecule has 8 nitrogen and oxygen atoms in total. The molecule has 0 aliphatic heterocycles. The van der Waals surface area contributed by atoms with Gasteiger partial charge in [0.15, 0.2) is 0 Å².